The molecule has 0 aliphatic heterocycles. The molecule has 0 heterocycles. The molecule has 1 aromatic rings. The predicted molar refractivity (Wildman–Crippen MR) is 92.8 cm³/mol. The fourth-order valence-electron chi connectivity index (χ4n) is 1.89. The molecule has 0 spiro atoms. The summed E-state index contributed by atoms with van der Waals surface area (Å²) < 4.78 is 0.127. The first-order valence-corrected chi connectivity index (χ1v) is 8.37. The van der Waals surface area contributed by atoms with Gasteiger partial charge in [0.25, 0.3) is 0 Å². The highest BCUT2D eigenvalue weighted by molar-refractivity contribution is 8.01. The second kappa shape index (κ2) is 8.44. The third kappa shape index (κ3) is 8.12. The van der Waals surface area contributed by atoms with Gasteiger partial charge >= 0.3 is 0 Å². The molecule has 1 amide bonds. The molecular formula is C17H28N2OS. The smallest absolute Gasteiger partial charge is 0.230 e. The van der Waals surface area contributed by atoms with Gasteiger partial charge in [0, 0.05) is 17.3 Å². The summed E-state index contributed by atoms with van der Waals surface area (Å²) in [4.78, 5) is 14.1. The Morgan fingerprint density at radius 3 is 2.38 bits per heavy atom. The van der Waals surface area contributed by atoms with Crippen molar-refractivity contribution in [2.45, 2.75) is 38.0 Å². The zero-order chi connectivity index (χ0) is 15.9. The van der Waals surface area contributed by atoms with Crippen molar-refractivity contribution in [1.82, 2.24) is 10.2 Å². The molecule has 118 valence electrons. The van der Waals surface area contributed by atoms with Crippen molar-refractivity contribution in [2.24, 2.45) is 0 Å². The van der Waals surface area contributed by atoms with E-state index in [-0.39, 0.29) is 10.7 Å². The lowest BCUT2D eigenvalue weighted by molar-refractivity contribution is -0.118. The van der Waals surface area contributed by atoms with Crippen LogP contribution < -0.4 is 5.32 Å². The van der Waals surface area contributed by atoms with Crippen LogP contribution >= 0.6 is 11.8 Å². The lowest BCUT2D eigenvalue weighted by Gasteiger charge is -2.25. The zero-order valence-corrected chi connectivity index (χ0v) is 14.7. The van der Waals surface area contributed by atoms with Gasteiger partial charge in [-0.05, 0) is 26.1 Å². The number of benzene rings is 1. The number of nitrogens with zero attached hydrogens (tertiary/aromatic N) is 1. The number of carbonyl (C=O) groups is 1. The first kappa shape index (κ1) is 18.1. The van der Waals surface area contributed by atoms with Crippen molar-refractivity contribution in [3.8, 4) is 0 Å². The molecule has 3 nitrogen and oxygen atoms in total. The molecule has 4 heteroatoms. The summed E-state index contributed by atoms with van der Waals surface area (Å²) in [7, 11) is 4.12. The molecule has 0 radical (unpaired) electrons. The van der Waals surface area contributed by atoms with Crippen molar-refractivity contribution in [3.05, 3.63) is 35.9 Å². The van der Waals surface area contributed by atoms with E-state index < -0.39 is 0 Å². The van der Waals surface area contributed by atoms with Crippen molar-refractivity contribution < 1.29 is 4.79 Å². The number of amides is 1. The van der Waals surface area contributed by atoms with Crippen LogP contribution in [0.15, 0.2) is 30.3 Å². The summed E-state index contributed by atoms with van der Waals surface area (Å²) in [6.07, 6.45) is 0.945. The fraction of sp³-hybridized carbons (Fsp3) is 0.588. The van der Waals surface area contributed by atoms with E-state index in [4.69, 9.17) is 0 Å². The van der Waals surface area contributed by atoms with Gasteiger partial charge in [0.15, 0.2) is 0 Å². The van der Waals surface area contributed by atoms with Gasteiger partial charge in [-0.3, -0.25) is 4.79 Å². The molecular weight excluding hydrogens is 280 g/mol. The maximum absolute atomic E-state index is 11.9. The molecule has 0 aromatic heterocycles. The number of likely N-dealkylation sites (N-methyl/N-ethyl adjacent to an activating group) is 1. The second-order valence-corrected chi connectivity index (χ2v) is 8.31. The first-order chi connectivity index (χ1) is 9.78. The van der Waals surface area contributed by atoms with E-state index in [1.165, 1.54) is 5.56 Å². The molecule has 0 saturated carbocycles. The Morgan fingerprint density at radius 2 is 1.86 bits per heavy atom. The van der Waals surface area contributed by atoms with Crippen LogP contribution in [0.5, 0.6) is 0 Å². The second-order valence-electron chi connectivity index (χ2n) is 6.51. The van der Waals surface area contributed by atoms with E-state index in [9.17, 15) is 4.79 Å². The van der Waals surface area contributed by atoms with Crippen molar-refractivity contribution >= 4 is 17.7 Å². The Kier molecular flexibility index (Phi) is 7.26. The van der Waals surface area contributed by atoms with Gasteiger partial charge in [-0.25, -0.2) is 0 Å². The summed E-state index contributed by atoms with van der Waals surface area (Å²) in [6.45, 7) is 7.07. The van der Waals surface area contributed by atoms with Crippen LogP contribution in [-0.2, 0) is 11.2 Å². The third-order valence-electron chi connectivity index (χ3n) is 3.22. The van der Waals surface area contributed by atoms with E-state index in [1.807, 2.05) is 6.07 Å². The molecule has 0 fully saturated rings. The van der Waals surface area contributed by atoms with Crippen LogP contribution in [0.3, 0.4) is 0 Å². The van der Waals surface area contributed by atoms with Crippen LogP contribution in [0, 0.1) is 0 Å². The SMILES string of the molecule is CN(C)C(CNC(=O)CSC(C)(C)C)Cc1ccccc1. The van der Waals surface area contributed by atoms with Gasteiger partial charge in [-0.2, -0.15) is 0 Å². The summed E-state index contributed by atoms with van der Waals surface area (Å²) in [6, 6.07) is 10.7. The molecule has 1 aromatic carbocycles. The highest BCUT2D eigenvalue weighted by Crippen LogP contribution is 2.22. The average molecular weight is 308 g/mol. The topological polar surface area (TPSA) is 32.3 Å². The highest BCUT2D eigenvalue weighted by atomic mass is 32.2. The number of hydrogen-bond donors (Lipinski definition) is 1. The molecule has 1 N–H and O–H groups in total. The van der Waals surface area contributed by atoms with Gasteiger partial charge in [0.2, 0.25) is 5.91 Å². The summed E-state index contributed by atoms with van der Waals surface area (Å²) >= 11 is 1.68. The largest absolute Gasteiger partial charge is 0.354 e. The lowest BCUT2D eigenvalue weighted by atomic mass is 10.1. The monoisotopic (exact) mass is 308 g/mol. The van der Waals surface area contributed by atoms with E-state index in [1.54, 1.807) is 11.8 Å². The standard InChI is InChI=1S/C17H28N2OS/c1-17(2,3)21-13-16(20)18-12-15(19(4)5)11-14-9-7-6-8-10-14/h6-10,15H,11-13H2,1-5H3,(H,18,20). The summed E-state index contributed by atoms with van der Waals surface area (Å²) in [5.41, 5.74) is 1.30. The van der Waals surface area contributed by atoms with E-state index in [0.29, 0.717) is 18.3 Å². The molecule has 0 aliphatic carbocycles. The van der Waals surface area contributed by atoms with Crippen molar-refractivity contribution in [3.63, 3.8) is 0 Å². The molecule has 1 unspecified atom stereocenters. The quantitative estimate of drug-likeness (QED) is 0.840. The van der Waals surface area contributed by atoms with Crippen LogP contribution in [-0.4, -0.2) is 48.0 Å². The normalized spacial score (nSPS) is 13.2. The Hall–Kier alpha value is -1.00. The van der Waals surface area contributed by atoms with Gasteiger partial charge in [0.05, 0.1) is 5.75 Å². The molecule has 1 atom stereocenters. The van der Waals surface area contributed by atoms with E-state index in [2.05, 4.69) is 69.3 Å². The minimum atomic E-state index is 0.120. The van der Waals surface area contributed by atoms with Gasteiger partial charge in [0.1, 0.15) is 0 Å². The molecule has 1 rings (SSSR count). The summed E-state index contributed by atoms with van der Waals surface area (Å²) in [5, 5.41) is 3.06. The number of carbonyl (C=O) groups excluding carboxylic acids is 1. The van der Waals surface area contributed by atoms with Gasteiger partial charge < -0.3 is 10.2 Å². The minimum Gasteiger partial charge on any atom is -0.354 e. The molecule has 21 heavy (non-hydrogen) atoms. The maximum atomic E-state index is 11.9. The van der Waals surface area contributed by atoms with Crippen LogP contribution in [0.1, 0.15) is 26.3 Å². The highest BCUT2D eigenvalue weighted by Gasteiger charge is 2.16. The summed E-state index contributed by atoms with van der Waals surface area (Å²) in [5.74, 6) is 0.643. The molecule has 0 saturated heterocycles. The zero-order valence-electron chi connectivity index (χ0n) is 13.8. The minimum absolute atomic E-state index is 0.120. The lowest BCUT2D eigenvalue weighted by Crippen LogP contribution is -2.42. The number of thioether (sulfide) groups is 1. The molecule has 0 aliphatic rings. The van der Waals surface area contributed by atoms with Gasteiger partial charge in [-0.15, -0.1) is 11.8 Å². The molecule has 0 bridgehead atoms. The van der Waals surface area contributed by atoms with Crippen LogP contribution in [0.2, 0.25) is 0 Å². The van der Waals surface area contributed by atoms with E-state index >= 15 is 0 Å². The number of nitrogens with one attached hydrogen (secondary N) is 1. The van der Waals surface area contributed by atoms with Crippen LogP contribution in [0.25, 0.3) is 0 Å². The Labute approximate surface area is 133 Å². The van der Waals surface area contributed by atoms with Crippen molar-refractivity contribution in [2.75, 3.05) is 26.4 Å². The maximum Gasteiger partial charge on any atom is 0.230 e. The van der Waals surface area contributed by atoms with E-state index in [0.717, 1.165) is 6.42 Å². The average Bonchev–Trinajstić information content (AvgIpc) is 2.41. The first-order valence-electron chi connectivity index (χ1n) is 7.39. The third-order valence-corrected chi connectivity index (χ3v) is 4.49. The van der Waals surface area contributed by atoms with Gasteiger partial charge in [-0.1, -0.05) is 51.1 Å². The predicted octanol–water partition coefficient (Wildman–Crippen LogP) is 2.81. The fourth-order valence-corrected chi connectivity index (χ4v) is 2.55. The number of hydrogen-bond acceptors (Lipinski definition) is 3. The van der Waals surface area contributed by atoms with Crippen LogP contribution in [0.4, 0.5) is 0 Å². The Balaban J connectivity index is 2.43. The Morgan fingerprint density at radius 1 is 1.24 bits per heavy atom. The Bertz CT molecular complexity index is 426. The number of rotatable bonds is 7. The van der Waals surface area contributed by atoms with Crippen molar-refractivity contribution in [1.29, 1.82) is 0 Å².